The molecule has 0 aromatic carbocycles. The number of carbonyl (C=O) groups is 2. The van der Waals surface area contributed by atoms with E-state index in [2.05, 4.69) is 18.8 Å². The number of hydrogen-bond donors (Lipinski definition) is 1. The molecule has 5 heteroatoms. The monoisotopic (exact) mass is 303 g/mol. The second-order valence-corrected chi connectivity index (χ2v) is 6.89. The molecule has 0 spiro atoms. The molecule has 2 amide bonds. The summed E-state index contributed by atoms with van der Waals surface area (Å²) in [5, 5.41) is 0. The SMILES string of the molecule is CC(C)[C@@H]1CN(C(=O)c2ccc[nH]2)CCC(=O)N1CC1CC1. The van der Waals surface area contributed by atoms with Gasteiger partial charge in [0.05, 0.1) is 6.04 Å². The van der Waals surface area contributed by atoms with Crippen molar-refractivity contribution in [3.8, 4) is 0 Å². The van der Waals surface area contributed by atoms with E-state index in [1.54, 1.807) is 12.3 Å². The summed E-state index contributed by atoms with van der Waals surface area (Å²) in [6, 6.07) is 3.74. The predicted octanol–water partition coefficient (Wildman–Crippen LogP) is 2.12. The third-order valence-electron chi connectivity index (χ3n) is 4.76. The van der Waals surface area contributed by atoms with Gasteiger partial charge in [0.1, 0.15) is 5.69 Å². The summed E-state index contributed by atoms with van der Waals surface area (Å²) in [5.74, 6) is 1.22. The predicted molar refractivity (Wildman–Crippen MR) is 84.4 cm³/mol. The zero-order valence-electron chi connectivity index (χ0n) is 13.4. The molecule has 0 radical (unpaired) electrons. The highest BCUT2D eigenvalue weighted by atomic mass is 16.2. The van der Waals surface area contributed by atoms with Gasteiger partial charge >= 0.3 is 0 Å². The van der Waals surface area contributed by atoms with Gasteiger partial charge < -0.3 is 14.8 Å². The molecule has 1 aromatic rings. The van der Waals surface area contributed by atoms with E-state index < -0.39 is 0 Å². The Morgan fingerprint density at radius 1 is 1.41 bits per heavy atom. The van der Waals surface area contributed by atoms with Gasteiger partial charge in [-0.3, -0.25) is 9.59 Å². The number of H-pyrrole nitrogens is 1. The lowest BCUT2D eigenvalue weighted by molar-refractivity contribution is -0.133. The maximum absolute atomic E-state index is 12.6. The van der Waals surface area contributed by atoms with Gasteiger partial charge in [-0.1, -0.05) is 13.8 Å². The van der Waals surface area contributed by atoms with E-state index in [-0.39, 0.29) is 17.9 Å². The first-order chi connectivity index (χ1) is 10.6. The Hall–Kier alpha value is -1.78. The molecule has 3 rings (SSSR count). The minimum absolute atomic E-state index is 0.00304. The first kappa shape index (κ1) is 15.1. The smallest absolute Gasteiger partial charge is 0.270 e. The van der Waals surface area contributed by atoms with Crippen LogP contribution in [0.3, 0.4) is 0 Å². The average molecular weight is 303 g/mol. The molecule has 120 valence electrons. The lowest BCUT2D eigenvalue weighted by Crippen LogP contribution is -2.48. The lowest BCUT2D eigenvalue weighted by Gasteiger charge is -2.34. The molecule has 1 aliphatic heterocycles. The molecular formula is C17H25N3O2. The van der Waals surface area contributed by atoms with Crippen LogP contribution in [0.15, 0.2) is 18.3 Å². The molecule has 1 saturated carbocycles. The number of aromatic nitrogens is 1. The number of rotatable bonds is 4. The summed E-state index contributed by atoms with van der Waals surface area (Å²) in [4.78, 5) is 32.0. The van der Waals surface area contributed by atoms with Gasteiger partial charge in [0, 0.05) is 32.3 Å². The largest absolute Gasteiger partial charge is 0.357 e. The van der Waals surface area contributed by atoms with E-state index in [9.17, 15) is 9.59 Å². The minimum atomic E-state index is -0.00304. The van der Waals surface area contributed by atoms with Gasteiger partial charge in [-0.15, -0.1) is 0 Å². The molecule has 1 aliphatic carbocycles. The fourth-order valence-corrected chi connectivity index (χ4v) is 3.18. The van der Waals surface area contributed by atoms with Crippen molar-refractivity contribution in [2.75, 3.05) is 19.6 Å². The Kier molecular flexibility index (Phi) is 4.23. The Morgan fingerprint density at radius 3 is 2.77 bits per heavy atom. The van der Waals surface area contributed by atoms with Crippen LogP contribution >= 0.6 is 0 Å². The van der Waals surface area contributed by atoms with Crippen LogP contribution in [0.25, 0.3) is 0 Å². The fourth-order valence-electron chi connectivity index (χ4n) is 3.18. The molecule has 5 nitrogen and oxygen atoms in total. The third kappa shape index (κ3) is 3.18. The molecule has 0 bridgehead atoms. The standard InChI is InChI=1S/C17H25N3O2/c1-12(2)15-11-19(17(22)14-4-3-8-18-14)9-7-16(21)20(15)10-13-5-6-13/h3-4,8,12-13,15,18H,5-7,9-11H2,1-2H3/t15-/m0/s1. The molecule has 22 heavy (non-hydrogen) atoms. The lowest BCUT2D eigenvalue weighted by atomic mass is 10.0. The molecule has 2 aliphatic rings. The summed E-state index contributed by atoms with van der Waals surface area (Å²) in [6.45, 7) is 6.29. The molecule has 1 atom stereocenters. The summed E-state index contributed by atoms with van der Waals surface area (Å²) in [5.41, 5.74) is 0.602. The van der Waals surface area contributed by atoms with Crippen LogP contribution in [0.4, 0.5) is 0 Å². The Labute approximate surface area is 131 Å². The number of hydrogen-bond acceptors (Lipinski definition) is 2. The number of carbonyl (C=O) groups excluding carboxylic acids is 2. The molecule has 2 heterocycles. The van der Waals surface area contributed by atoms with Crippen molar-refractivity contribution in [1.29, 1.82) is 0 Å². The minimum Gasteiger partial charge on any atom is -0.357 e. The normalized spacial score (nSPS) is 23.0. The van der Waals surface area contributed by atoms with E-state index in [0.717, 1.165) is 6.54 Å². The van der Waals surface area contributed by atoms with Crippen molar-refractivity contribution in [2.24, 2.45) is 11.8 Å². The quantitative estimate of drug-likeness (QED) is 0.926. The zero-order chi connectivity index (χ0) is 15.7. The van der Waals surface area contributed by atoms with Crippen LogP contribution < -0.4 is 0 Å². The Bertz CT molecular complexity index is 534. The topological polar surface area (TPSA) is 56.4 Å². The van der Waals surface area contributed by atoms with Crippen molar-refractivity contribution in [3.63, 3.8) is 0 Å². The number of nitrogens with one attached hydrogen (secondary N) is 1. The van der Waals surface area contributed by atoms with Gasteiger partial charge in [-0.05, 0) is 36.8 Å². The summed E-state index contributed by atoms with van der Waals surface area (Å²) >= 11 is 0. The van der Waals surface area contributed by atoms with Crippen LogP contribution in [0.5, 0.6) is 0 Å². The van der Waals surface area contributed by atoms with Crippen molar-refractivity contribution in [1.82, 2.24) is 14.8 Å². The van der Waals surface area contributed by atoms with Gasteiger partial charge in [-0.2, -0.15) is 0 Å². The summed E-state index contributed by atoms with van der Waals surface area (Å²) < 4.78 is 0. The van der Waals surface area contributed by atoms with Gasteiger partial charge in [-0.25, -0.2) is 0 Å². The van der Waals surface area contributed by atoms with E-state index in [4.69, 9.17) is 0 Å². The van der Waals surface area contributed by atoms with Crippen molar-refractivity contribution in [3.05, 3.63) is 24.0 Å². The van der Waals surface area contributed by atoms with Crippen LogP contribution in [0, 0.1) is 11.8 Å². The zero-order valence-corrected chi connectivity index (χ0v) is 13.4. The Morgan fingerprint density at radius 2 is 2.18 bits per heavy atom. The van der Waals surface area contributed by atoms with Crippen LogP contribution in [-0.4, -0.2) is 52.3 Å². The highest BCUT2D eigenvalue weighted by molar-refractivity contribution is 5.93. The van der Waals surface area contributed by atoms with Gasteiger partial charge in [0.15, 0.2) is 0 Å². The van der Waals surface area contributed by atoms with Gasteiger partial charge in [0.2, 0.25) is 5.91 Å². The fraction of sp³-hybridized carbons (Fsp3) is 0.647. The third-order valence-corrected chi connectivity index (χ3v) is 4.76. The number of amides is 2. The van der Waals surface area contributed by atoms with E-state index in [1.165, 1.54) is 12.8 Å². The van der Waals surface area contributed by atoms with E-state index in [0.29, 0.717) is 37.0 Å². The van der Waals surface area contributed by atoms with Crippen LogP contribution in [0.2, 0.25) is 0 Å². The maximum Gasteiger partial charge on any atom is 0.270 e. The molecule has 0 unspecified atom stereocenters. The van der Waals surface area contributed by atoms with E-state index >= 15 is 0 Å². The van der Waals surface area contributed by atoms with Crippen molar-refractivity contribution in [2.45, 2.75) is 39.2 Å². The number of aromatic amines is 1. The number of nitrogens with zero attached hydrogens (tertiary/aromatic N) is 2. The molecule has 1 saturated heterocycles. The van der Waals surface area contributed by atoms with E-state index in [1.807, 2.05) is 15.9 Å². The van der Waals surface area contributed by atoms with Crippen molar-refractivity contribution < 1.29 is 9.59 Å². The second-order valence-electron chi connectivity index (χ2n) is 6.89. The Balaban J connectivity index is 1.77. The van der Waals surface area contributed by atoms with Crippen LogP contribution in [-0.2, 0) is 4.79 Å². The first-order valence-electron chi connectivity index (χ1n) is 8.28. The average Bonchev–Trinajstić information content (AvgIpc) is 3.18. The molecule has 1 N–H and O–H groups in total. The summed E-state index contributed by atoms with van der Waals surface area (Å²) in [6.07, 6.45) is 4.66. The highest BCUT2D eigenvalue weighted by Gasteiger charge is 2.36. The van der Waals surface area contributed by atoms with Crippen LogP contribution in [0.1, 0.15) is 43.6 Å². The first-order valence-corrected chi connectivity index (χ1v) is 8.28. The second kappa shape index (κ2) is 6.15. The molecular weight excluding hydrogens is 278 g/mol. The summed E-state index contributed by atoms with van der Waals surface area (Å²) in [7, 11) is 0. The highest BCUT2D eigenvalue weighted by Crippen LogP contribution is 2.32. The molecule has 1 aromatic heterocycles. The molecule has 2 fully saturated rings. The van der Waals surface area contributed by atoms with Crippen molar-refractivity contribution >= 4 is 11.8 Å². The van der Waals surface area contributed by atoms with Gasteiger partial charge in [0.25, 0.3) is 5.91 Å². The maximum atomic E-state index is 12.6.